The summed E-state index contributed by atoms with van der Waals surface area (Å²) in [5.41, 5.74) is 0.773. The van der Waals surface area contributed by atoms with Gasteiger partial charge in [-0.25, -0.2) is 4.98 Å². The molecule has 2 rings (SSSR count). The van der Waals surface area contributed by atoms with E-state index in [0.717, 1.165) is 18.4 Å². The van der Waals surface area contributed by atoms with Gasteiger partial charge in [0, 0.05) is 12.3 Å². The van der Waals surface area contributed by atoms with E-state index in [-0.39, 0.29) is 5.41 Å². The minimum Gasteiger partial charge on any atom is -0.481 e. The highest BCUT2D eigenvalue weighted by Crippen LogP contribution is 2.47. The van der Waals surface area contributed by atoms with Crippen LogP contribution in [0.5, 0.6) is 5.88 Å². The molecule has 0 unspecified atom stereocenters. The van der Waals surface area contributed by atoms with Gasteiger partial charge in [0.05, 0.1) is 18.6 Å². The summed E-state index contributed by atoms with van der Waals surface area (Å²) in [7, 11) is 1.58. The Labute approximate surface area is 77.0 Å². The van der Waals surface area contributed by atoms with Gasteiger partial charge in [-0.3, -0.25) is 0 Å². The average molecular weight is 174 g/mol. The Morgan fingerprint density at radius 3 is 2.69 bits per heavy atom. The first-order valence-electron chi connectivity index (χ1n) is 4.22. The van der Waals surface area contributed by atoms with Gasteiger partial charge in [-0.15, -0.1) is 0 Å². The van der Waals surface area contributed by atoms with Gasteiger partial charge < -0.3 is 4.74 Å². The fourth-order valence-electron chi connectivity index (χ4n) is 1.37. The lowest BCUT2D eigenvalue weighted by Crippen LogP contribution is -2.02. The number of nitrogens with zero attached hydrogens (tertiary/aromatic N) is 2. The standard InChI is InChI=1S/C10H10N2O/c1-13-9-3-2-8(6-12-9)10(7-11)4-5-10/h2-3,6H,4-5H2,1H3. The zero-order chi connectivity index (χ0) is 9.31. The third kappa shape index (κ3) is 1.25. The summed E-state index contributed by atoms with van der Waals surface area (Å²) in [6.45, 7) is 0. The van der Waals surface area contributed by atoms with E-state index in [1.165, 1.54) is 0 Å². The molecule has 66 valence electrons. The molecule has 1 fully saturated rings. The Balaban J connectivity index is 2.29. The second kappa shape index (κ2) is 2.74. The van der Waals surface area contributed by atoms with Gasteiger partial charge in [0.25, 0.3) is 0 Å². The fraction of sp³-hybridized carbons (Fsp3) is 0.400. The quantitative estimate of drug-likeness (QED) is 0.684. The molecule has 0 bridgehead atoms. The highest BCUT2D eigenvalue weighted by molar-refractivity contribution is 5.38. The van der Waals surface area contributed by atoms with Crippen LogP contribution >= 0.6 is 0 Å². The summed E-state index contributed by atoms with van der Waals surface area (Å²) in [6.07, 6.45) is 3.64. The van der Waals surface area contributed by atoms with Crippen molar-refractivity contribution >= 4 is 0 Å². The normalized spacial score (nSPS) is 17.5. The van der Waals surface area contributed by atoms with Gasteiger partial charge in [-0.2, -0.15) is 5.26 Å². The molecule has 0 N–H and O–H groups in total. The maximum atomic E-state index is 8.93. The van der Waals surface area contributed by atoms with Crippen LogP contribution in [0, 0.1) is 11.3 Å². The zero-order valence-electron chi connectivity index (χ0n) is 7.45. The topological polar surface area (TPSA) is 45.9 Å². The summed E-state index contributed by atoms with van der Waals surface area (Å²) in [4.78, 5) is 4.08. The van der Waals surface area contributed by atoms with E-state index in [0.29, 0.717) is 5.88 Å². The van der Waals surface area contributed by atoms with Crippen LogP contribution in [-0.4, -0.2) is 12.1 Å². The molecule has 1 aliphatic rings. The van der Waals surface area contributed by atoms with Crippen LogP contribution in [-0.2, 0) is 5.41 Å². The molecule has 0 aliphatic heterocycles. The lowest BCUT2D eigenvalue weighted by atomic mass is 10.0. The number of nitriles is 1. The number of hydrogen-bond acceptors (Lipinski definition) is 3. The second-order valence-corrected chi connectivity index (χ2v) is 3.28. The molecule has 3 heteroatoms. The average Bonchev–Trinajstić information content (AvgIpc) is 2.99. The van der Waals surface area contributed by atoms with Gasteiger partial charge in [0.2, 0.25) is 5.88 Å². The van der Waals surface area contributed by atoms with Crippen LogP contribution in [0.1, 0.15) is 18.4 Å². The van der Waals surface area contributed by atoms with Gasteiger partial charge >= 0.3 is 0 Å². The maximum absolute atomic E-state index is 8.93. The van der Waals surface area contributed by atoms with Crippen molar-refractivity contribution in [3.05, 3.63) is 23.9 Å². The largest absolute Gasteiger partial charge is 0.481 e. The third-order valence-corrected chi connectivity index (χ3v) is 2.46. The molecule has 3 nitrogen and oxygen atoms in total. The number of aromatic nitrogens is 1. The predicted molar refractivity (Wildman–Crippen MR) is 47.3 cm³/mol. The van der Waals surface area contributed by atoms with Gasteiger partial charge in [-0.1, -0.05) is 6.07 Å². The molecule has 1 aliphatic carbocycles. The first-order chi connectivity index (χ1) is 6.30. The molecule has 13 heavy (non-hydrogen) atoms. The summed E-state index contributed by atoms with van der Waals surface area (Å²) in [6, 6.07) is 6.04. The summed E-state index contributed by atoms with van der Waals surface area (Å²) >= 11 is 0. The molecular formula is C10H10N2O. The molecule has 1 heterocycles. The number of pyridine rings is 1. The van der Waals surface area contributed by atoms with E-state index in [4.69, 9.17) is 10.00 Å². The number of rotatable bonds is 2. The second-order valence-electron chi connectivity index (χ2n) is 3.28. The van der Waals surface area contributed by atoms with E-state index in [1.54, 1.807) is 19.4 Å². The number of methoxy groups -OCH3 is 1. The van der Waals surface area contributed by atoms with Crippen molar-refractivity contribution in [1.29, 1.82) is 5.26 Å². The highest BCUT2D eigenvalue weighted by atomic mass is 16.5. The monoisotopic (exact) mass is 174 g/mol. The summed E-state index contributed by atoms with van der Waals surface area (Å²) < 4.78 is 4.94. The van der Waals surface area contributed by atoms with E-state index < -0.39 is 0 Å². The van der Waals surface area contributed by atoms with Crippen molar-refractivity contribution < 1.29 is 4.74 Å². The van der Waals surface area contributed by atoms with Crippen molar-refractivity contribution in [3.63, 3.8) is 0 Å². The molecule has 0 aromatic carbocycles. The molecular weight excluding hydrogens is 164 g/mol. The van der Waals surface area contributed by atoms with E-state index in [2.05, 4.69) is 11.1 Å². The predicted octanol–water partition coefficient (Wildman–Crippen LogP) is 1.65. The number of ether oxygens (including phenoxy) is 1. The van der Waals surface area contributed by atoms with Crippen molar-refractivity contribution in [2.24, 2.45) is 0 Å². The first-order valence-corrected chi connectivity index (χ1v) is 4.22. The molecule has 1 saturated carbocycles. The smallest absolute Gasteiger partial charge is 0.212 e. The first kappa shape index (κ1) is 8.06. The molecule has 0 spiro atoms. The minimum absolute atomic E-state index is 0.237. The van der Waals surface area contributed by atoms with Crippen molar-refractivity contribution in [1.82, 2.24) is 4.98 Å². The summed E-state index contributed by atoms with van der Waals surface area (Å²) in [5, 5.41) is 8.93. The van der Waals surface area contributed by atoms with E-state index >= 15 is 0 Å². The van der Waals surface area contributed by atoms with Gasteiger partial charge in [-0.05, 0) is 18.4 Å². The van der Waals surface area contributed by atoms with Crippen molar-refractivity contribution in [2.75, 3.05) is 7.11 Å². The summed E-state index contributed by atoms with van der Waals surface area (Å²) in [5.74, 6) is 0.595. The minimum atomic E-state index is -0.237. The zero-order valence-corrected chi connectivity index (χ0v) is 7.45. The Morgan fingerprint density at radius 2 is 2.31 bits per heavy atom. The van der Waals surface area contributed by atoms with Crippen LogP contribution in [0.2, 0.25) is 0 Å². The van der Waals surface area contributed by atoms with Crippen LogP contribution in [0.15, 0.2) is 18.3 Å². The highest BCUT2D eigenvalue weighted by Gasteiger charge is 2.45. The molecule has 0 atom stereocenters. The van der Waals surface area contributed by atoms with Crippen LogP contribution < -0.4 is 4.74 Å². The van der Waals surface area contributed by atoms with Crippen LogP contribution in [0.3, 0.4) is 0 Å². The Kier molecular flexibility index (Phi) is 1.70. The van der Waals surface area contributed by atoms with Gasteiger partial charge in [0.15, 0.2) is 0 Å². The van der Waals surface area contributed by atoms with Crippen molar-refractivity contribution in [3.8, 4) is 11.9 Å². The third-order valence-electron chi connectivity index (χ3n) is 2.46. The molecule has 0 radical (unpaired) electrons. The van der Waals surface area contributed by atoms with Crippen LogP contribution in [0.25, 0.3) is 0 Å². The lowest BCUT2D eigenvalue weighted by Gasteiger charge is -2.05. The lowest BCUT2D eigenvalue weighted by molar-refractivity contribution is 0.397. The van der Waals surface area contributed by atoms with Crippen molar-refractivity contribution in [2.45, 2.75) is 18.3 Å². The Bertz CT molecular complexity index is 346. The van der Waals surface area contributed by atoms with E-state index in [1.807, 2.05) is 6.07 Å². The molecule has 1 aromatic rings. The number of hydrogen-bond donors (Lipinski definition) is 0. The molecule has 0 saturated heterocycles. The fourth-order valence-corrected chi connectivity index (χ4v) is 1.37. The Hall–Kier alpha value is -1.56. The Morgan fingerprint density at radius 1 is 1.54 bits per heavy atom. The molecule has 0 amide bonds. The SMILES string of the molecule is COc1ccc(C2(C#N)CC2)cn1. The van der Waals surface area contributed by atoms with E-state index in [9.17, 15) is 0 Å². The molecule has 1 aromatic heterocycles. The van der Waals surface area contributed by atoms with Gasteiger partial charge in [0.1, 0.15) is 0 Å². The van der Waals surface area contributed by atoms with Crippen LogP contribution in [0.4, 0.5) is 0 Å². The maximum Gasteiger partial charge on any atom is 0.212 e.